The first-order valence-corrected chi connectivity index (χ1v) is 6.70. The van der Waals surface area contributed by atoms with E-state index >= 15 is 0 Å². The van der Waals surface area contributed by atoms with Gasteiger partial charge in [0.05, 0.1) is 6.54 Å². The van der Waals surface area contributed by atoms with Crippen molar-refractivity contribution in [3.8, 4) is 5.88 Å². The van der Waals surface area contributed by atoms with E-state index < -0.39 is 0 Å². The van der Waals surface area contributed by atoms with E-state index in [9.17, 15) is 0 Å². The zero-order valence-electron chi connectivity index (χ0n) is 10.9. The summed E-state index contributed by atoms with van der Waals surface area (Å²) in [5, 5.41) is 0. The standard InChI is InChI=1S/C12H17Cl2N3O.H2O/c1-16-6-3-11(4-7-16)18-12-8-10(2-5-15-12)9-17(13)14;/h2,5,8,11H,3-4,6-7,9H2,1H3;1H2. The Kier molecular flexibility index (Phi) is 6.82. The number of pyridine rings is 1. The van der Waals surface area contributed by atoms with Gasteiger partial charge in [0.1, 0.15) is 6.10 Å². The van der Waals surface area contributed by atoms with Crippen LogP contribution in [0.4, 0.5) is 0 Å². The molecule has 2 heterocycles. The van der Waals surface area contributed by atoms with Gasteiger partial charge in [-0.15, -0.1) is 3.94 Å². The molecular formula is C12H19Cl2N3O2. The first-order chi connectivity index (χ1) is 8.63. The van der Waals surface area contributed by atoms with Crippen molar-refractivity contribution in [2.24, 2.45) is 0 Å². The number of rotatable bonds is 4. The maximum atomic E-state index is 5.88. The highest BCUT2D eigenvalue weighted by Gasteiger charge is 2.18. The Balaban J connectivity index is 0.00000180. The van der Waals surface area contributed by atoms with Gasteiger partial charge >= 0.3 is 0 Å². The third-order valence-electron chi connectivity index (χ3n) is 3.05. The van der Waals surface area contributed by atoms with Crippen molar-refractivity contribution in [2.75, 3.05) is 20.1 Å². The number of hydrogen-bond donors (Lipinski definition) is 0. The van der Waals surface area contributed by atoms with E-state index in [1.807, 2.05) is 12.1 Å². The Morgan fingerprint density at radius 3 is 2.74 bits per heavy atom. The van der Waals surface area contributed by atoms with Crippen LogP contribution in [0, 0.1) is 0 Å². The van der Waals surface area contributed by atoms with E-state index in [2.05, 4.69) is 16.9 Å². The van der Waals surface area contributed by atoms with E-state index in [0.717, 1.165) is 35.4 Å². The number of hydrogen-bond acceptors (Lipinski definition) is 4. The Hall–Kier alpha value is -0.590. The third-order valence-corrected chi connectivity index (χ3v) is 3.29. The summed E-state index contributed by atoms with van der Waals surface area (Å²) in [6, 6.07) is 3.76. The van der Waals surface area contributed by atoms with Crippen LogP contribution in [0.2, 0.25) is 0 Å². The lowest BCUT2D eigenvalue weighted by molar-refractivity contribution is 0.110. The number of aromatic nitrogens is 1. The van der Waals surface area contributed by atoms with Crippen molar-refractivity contribution < 1.29 is 10.2 Å². The third kappa shape index (κ3) is 5.50. The van der Waals surface area contributed by atoms with Gasteiger partial charge in [0.25, 0.3) is 0 Å². The summed E-state index contributed by atoms with van der Waals surface area (Å²) >= 11 is 11.2. The van der Waals surface area contributed by atoms with Crippen LogP contribution >= 0.6 is 23.6 Å². The van der Waals surface area contributed by atoms with E-state index in [0.29, 0.717) is 12.4 Å². The van der Waals surface area contributed by atoms with Gasteiger partial charge in [-0.3, -0.25) is 0 Å². The first-order valence-electron chi connectivity index (χ1n) is 6.02. The maximum Gasteiger partial charge on any atom is 0.213 e. The van der Waals surface area contributed by atoms with Crippen molar-refractivity contribution in [2.45, 2.75) is 25.5 Å². The minimum absolute atomic E-state index is 0. The van der Waals surface area contributed by atoms with Gasteiger partial charge in [-0.05, 0) is 55.1 Å². The average molecular weight is 308 g/mol. The second-order valence-corrected chi connectivity index (χ2v) is 5.57. The molecule has 2 N–H and O–H groups in total. The lowest BCUT2D eigenvalue weighted by atomic mass is 10.1. The van der Waals surface area contributed by atoms with Crippen LogP contribution in [-0.4, -0.2) is 45.5 Å². The summed E-state index contributed by atoms with van der Waals surface area (Å²) in [6.07, 6.45) is 4.06. The van der Waals surface area contributed by atoms with Crippen LogP contribution in [0.1, 0.15) is 18.4 Å². The normalized spacial score (nSPS) is 17.3. The van der Waals surface area contributed by atoms with Crippen LogP contribution in [0.25, 0.3) is 0 Å². The van der Waals surface area contributed by atoms with E-state index in [1.165, 1.54) is 0 Å². The minimum atomic E-state index is 0. The molecule has 1 saturated heterocycles. The van der Waals surface area contributed by atoms with Gasteiger partial charge in [0.15, 0.2) is 0 Å². The second-order valence-electron chi connectivity index (χ2n) is 4.58. The Labute approximate surface area is 123 Å². The van der Waals surface area contributed by atoms with Crippen molar-refractivity contribution in [3.63, 3.8) is 0 Å². The SMILES string of the molecule is CN1CCC(Oc2cc(CN(Cl)Cl)ccn2)CC1.O. The van der Waals surface area contributed by atoms with Gasteiger partial charge in [0.2, 0.25) is 5.88 Å². The molecule has 0 unspecified atom stereocenters. The monoisotopic (exact) mass is 307 g/mol. The predicted octanol–water partition coefficient (Wildman–Crippen LogP) is 1.84. The fourth-order valence-corrected chi connectivity index (χ4v) is 2.30. The number of nitrogens with zero attached hydrogens (tertiary/aromatic N) is 3. The van der Waals surface area contributed by atoms with Crippen LogP contribution in [-0.2, 0) is 6.54 Å². The molecule has 0 aliphatic carbocycles. The molecule has 2 rings (SSSR count). The Bertz CT molecular complexity index is 385. The van der Waals surface area contributed by atoms with E-state index in [-0.39, 0.29) is 11.6 Å². The molecule has 0 amide bonds. The quantitative estimate of drug-likeness (QED) is 0.796. The molecule has 0 saturated carbocycles. The molecule has 1 aromatic rings. The van der Waals surface area contributed by atoms with E-state index in [4.69, 9.17) is 28.3 Å². The molecule has 1 fully saturated rings. The second kappa shape index (κ2) is 7.87. The van der Waals surface area contributed by atoms with Crippen molar-refractivity contribution in [1.29, 1.82) is 0 Å². The van der Waals surface area contributed by atoms with Gasteiger partial charge in [-0.25, -0.2) is 4.98 Å². The molecule has 5 nitrogen and oxygen atoms in total. The molecule has 0 aromatic carbocycles. The average Bonchev–Trinajstić information content (AvgIpc) is 2.32. The van der Waals surface area contributed by atoms with Crippen LogP contribution in [0.15, 0.2) is 18.3 Å². The highest BCUT2D eigenvalue weighted by molar-refractivity contribution is 6.33. The van der Waals surface area contributed by atoms with E-state index in [1.54, 1.807) is 6.20 Å². The summed E-state index contributed by atoms with van der Waals surface area (Å²) in [5.74, 6) is 0.650. The van der Waals surface area contributed by atoms with Crippen LogP contribution < -0.4 is 4.74 Å². The smallest absolute Gasteiger partial charge is 0.213 e. The molecule has 0 spiro atoms. The Morgan fingerprint density at radius 2 is 2.11 bits per heavy atom. The van der Waals surface area contributed by atoms with Crippen molar-refractivity contribution >= 4 is 23.6 Å². The summed E-state index contributed by atoms with van der Waals surface area (Å²) in [6.45, 7) is 2.60. The highest BCUT2D eigenvalue weighted by Crippen LogP contribution is 2.18. The molecule has 1 aliphatic heterocycles. The van der Waals surface area contributed by atoms with Gasteiger partial charge in [-0.1, -0.05) is 0 Å². The number of halogens is 2. The molecule has 1 aromatic heterocycles. The lowest BCUT2D eigenvalue weighted by Gasteiger charge is -2.28. The first kappa shape index (κ1) is 16.5. The van der Waals surface area contributed by atoms with Gasteiger partial charge in [0, 0.05) is 25.4 Å². The molecular weight excluding hydrogens is 289 g/mol. The zero-order valence-corrected chi connectivity index (χ0v) is 12.4. The van der Waals surface area contributed by atoms with Crippen LogP contribution in [0.5, 0.6) is 5.88 Å². The summed E-state index contributed by atoms with van der Waals surface area (Å²) < 4.78 is 6.98. The zero-order chi connectivity index (χ0) is 13.0. The molecule has 19 heavy (non-hydrogen) atoms. The molecule has 108 valence electrons. The largest absolute Gasteiger partial charge is 0.474 e. The number of piperidine rings is 1. The molecule has 7 heteroatoms. The maximum absolute atomic E-state index is 5.88. The molecule has 0 atom stereocenters. The van der Waals surface area contributed by atoms with Gasteiger partial charge < -0.3 is 15.1 Å². The molecule has 0 bridgehead atoms. The Morgan fingerprint density at radius 1 is 1.42 bits per heavy atom. The predicted molar refractivity (Wildman–Crippen MR) is 76.2 cm³/mol. The fourth-order valence-electron chi connectivity index (χ4n) is 2.02. The minimum Gasteiger partial charge on any atom is -0.474 e. The highest BCUT2D eigenvalue weighted by atomic mass is 35.5. The fraction of sp³-hybridized carbons (Fsp3) is 0.583. The van der Waals surface area contributed by atoms with Gasteiger partial charge in [-0.2, -0.15) is 0 Å². The summed E-state index contributed by atoms with van der Waals surface area (Å²) in [5.41, 5.74) is 0.984. The number of likely N-dealkylation sites (tertiary alicyclic amines) is 1. The molecule has 1 aliphatic rings. The lowest BCUT2D eigenvalue weighted by Crippen LogP contribution is -2.35. The van der Waals surface area contributed by atoms with Crippen LogP contribution in [0.3, 0.4) is 0 Å². The molecule has 0 radical (unpaired) electrons. The topological polar surface area (TPSA) is 60.1 Å². The summed E-state index contributed by atoms with van der Waals surface area (Å²) in [4.78, 5) is 6.53. The number of ether oxygens (including phenoxy) is 1. The summed E-state index contributed by atoms with van der Waals surface area (Å²) in [7, 11) is 2.13. The van der Waals surface area contributed by atoms with Crippen molar-refractivity contribution in [3.05, 3.63) is 23.9 Å². The van der Waals surface area contributed by atoms with Crippen molar-refractivity contribution in [1.82, 2.24) is 13.8 Å².